The second-order valence-corrected chi connectivity index (χ2v) is 9.02. The highest BCUT2D eigenvalue weighted by Crippen LogP contribution is 2.24. The third-order valence-corrected chi connectivity index (χ3v) is 6.14. The van der Waals surface area contributed by atoms with Crippen LogP contribution in [0.1, 0.15) is 25.1 Å². The van der Waals surface area contributed by atoms with Crippen molar-refractivity contribution in [3.63, 3.8) is 0 Å². The lowest BCUT2D eigenvalue weighted by molar-refractivity contribution is 0.569. The van der Waals surface area contributed by atoms with Crippen LogP contribution in [-0.2, 0) is 16.6 Å². The molecule has 0 amide bonds. The Bertz CT molecular complexity index is 1300. The van der Waals surface area contributed by atoms with Gasteiger partial charge < -0.3 is 5.32 Å². The van der Waals surface area contributed by atoms with E-state index >= 15 is 0 Å². The molecule has 150 valence electrons. The van der Waals surface area contributed by atoms with Crippen molar-refractivity contribution in [2.24, 2.45) is 0 Å². The maximum Gasteiger partial charge on any atom is 0.240 e. The van der Waals surface area contributed by atoms with Gasteiger partial charge in [0, 0.05) is 24.0 Å². The van der Waals surface area contributed by atoms with Gasteiger partial charge >= 0.3 is 0 Å². The molecular weight excluding hydrogens is 386 g/mol. The molecule has 0 fully saturated rings. The van der Waals surface area contributed by atoms with Crippen LogP contribution in [0.3, 0.4) is 0 Å². The van der Waals surface area contributed by atoms with Crippen molar-refractivity contribution in [1.82, 2.24) is 19.3 Å². The summed E-state index contributed by atoms with van der Waals surface area (Å²) in [6, 6.07) is 16.6. The molecule has 2 aromatic heterocycles. The summed E-state index contributed by atoms with van der Waals surface area (Å²) in [4.78, 5) is 4.96. The number of nitrogens with one attached hydrogen (secondary N) is 2. The van der Waals surface area contributed by atoms with Crippen LogP contribution in [0, 0.1) is 6.92 Å². The molecule has 0 saturated heterocycles. The summed E-state index contributed by atoms with van der Waals surface area (Å²) in [7, 11) is -3.53. The Labute approximate surface area is 169 Å². The minimum absolute atomic E-state index is 0.164. The summed E-state index contributed by atoms with van der Waals surface area (Å²) < 4.78 is 29.3. The molecular formula is C21H23N5O2S. The number of nitrogens with zero attached hydrogens (tertiary/aromatic N) is 3. The summed E-state index contributed by atoms with van der Waals surface area (Å²) in [6.07, 6.45) is 0. The standard InChI is InChI=1S/C21H23N5O2S/c1-14(2)25-29(27,28)17-8-6-7-16(12-17)13-22-21-18-9-4-5-10-19(18)26-20(23-21)11-15(3)24-26/h4-12,14,25H,13H2,1-3H3,(H,22,23). The van der Waals surface area contributed by atoms with E-state index in [0.717, 1.165) is 33.6 Å². The van der Waals surface area contributed by atoms with Crippen LogP contribution in [0.4, 0.5) is 5.82 Å². The Balaban J connectivity index is 1.66. The average molecular weight is 410 g/mol. The molecule has 2 N–H and O–H groups in total. The number of hydrogen-bond acceptors (Lipinski definition) is 5. The van der Waals surface area contributed by atoms with Crippen molar-refractivity contribution in [3.05, 3.63) is 65.9 Å². The minimum Gasteiger partial charge on any atom is -0.365 e. The largest absolute Gasteiger partial charge is 0.365 e. The first kappa shape index (κ1) is 19.4. The van der Waals surface area contributed by atoms with Crippen LogP contribution >= 0.6 is 0 Å². The first-order chi connectivity index (χ1) is 13.8. The Morgan fingerprint density at radius 3 is 2.66 bits per heavy atom. The van der Waals surface area contributed by atoms with Gasteiger partial charge in [0.2, 0.25) is 10.0 Å². The van der Waals surface area contributed by atoms with Gasteiger partial charge in [-0.15, -0.1) is 0 Å². The summed E-state index contributed by atoms with van der Waals surface area (Å²) in [5, 5.41) is 8.83. The molecule has 0 aliphatic rings. The molecule has 4 rings (SSSR count). The molecule has 0 aliphatic heterocycles. The minimum atomic E-state index is -3.53. The summed E-state index contributed by atoms with van der Waals surface area (Å²) in [5.41, 5.74) is 3.48. The molecule has 0 atom stereocenters. The zero-order valence-electron chi connectivity index (χ0n) is 16.5. The fourth-order valence-corrected chi connectivity index (χ4v) is 4.62. The van der Waals surface area contributed by atoms with E-state index in [-0.39, 0.29) is 10.9 Å². The van der Waals surface area contributed by atoms with Gasteiger partial charge in [0.05, 0.1) is 16.1 Å². The molecule has 0 spiro atoms. The van der Waals surface area contributed by atoms with Crippen LogP contribution in [0.2, 0.25) is 0 Å². The highest BCUT2D eigenvalue weighted by Gasteiger charge is 2.16. The average Bonchev–Trinajstić information content (AvgIpc) is 3.06. The molecule has 29 heavy (non-hydrogen) atoms. The van der Waals surface area contributed by atoms with Gasteiger partial charge in [0.25, 0.3) is 0 Å². The molecule has 0 radical (unpaired) electrons. The maximum absolute atomic E-state index is 12.4. The molecule has 0 bridgehead atoms. The third kappa shape index (κ3) is 3.94. The van der Waals surface area contributed by atoms with E-state index in [0.29, 0.717) is 6.54 Å². The summed E-state index contributed by atoms with van der Waals surface area (Å²) in [5.74, 6) is 0.738. The number of rotatable bonds is 6. The van der Waals surface area contributed by atoms with Gasteiger partial charge in [0.15, 0.2) is 5.65 Å². The van der Waals surface area contributed by atoms with Crippen LogP contribution in [-0.4, -0.2) is 29.1 Å². The first-order valence-corrected chi connectivity index (χ1v) is 10.9. The lowest BCUT2D eigenvalue weighted by Crippen LogP contribution is -2.30. The predicted molar refractivity (Wildman–Crippen MR) is 114 cm³/mol. The van der Waals surface area contributed by atoms with Crippen LogP contribution in [0.5, 0.6) is 0 Å². The number of fused-ring (bicyclic) bond motifs is 3. The predicted octanol–water partition coefficient (Wildman–Crippen LogP) is 3.49. The van der Waals surface area contributed by atoms with E-state index < -0.39 is 10.0 Å². The van der Waals surface area contributed by atoms with Gasteiger partial charge in [-0.05, 0) is 50.6 Å². The quantitative estimate of drug-likeness (QED) is 0.509. The van der Waals surface area contributed by atoms with E-state index in [4.69, 9.17) is 4.98 Å². The maximum atomic E-state index is 12.4. The van der Waals surface area contributed by atoms with E-state index in [2.05, 4.69) is 15.1 Å². The van der Waals surface area contributed by atoms with Crippen molar-refractivity contribution in [2.45, 2.75) is 38.3 Å². The summed E-state index contributed by atoms with van der Waals surface area (Å²) in [6.45, 7) is 5.99. The van der Waals surface area contributed by atoms with Crippen molar-refractivity contribution in [1.29, 1.82) is 0 Å². The second kappa shape index (κ2) is 7.46. The van der Waals surface area contributed by atoms with Crippen molar-refractivity contribution in [3.8, 4) is 0 Å². The molecule has 7 nitrogen and oxygen atoms in total. The van der Waals surface area contributed by atoms with E-state index in [1.165, 1.54) is 0 Å². The topological polar surface area (TPSA) is 88.4 Å². The van der Waals surface area contributed by atoms with Crippen molar-refractivity contribution >= 4 is 32.4 Å². The molecule has 0 saturated carbocycles. The first-order valence-electron chi connectivity index (χ1n) is 9.44. The van der Waals surface area contributed by atoms with Crippen molar-refractivity contribution in [2.75, 3.05) is 5.32 Å². The third-order valence-electron chi connectivity index (χ3n) is 4.49. The number of para-hydroxylation sites is 1. The Hall–Kier alpha value is -2.97. The number of benzene rings is 2. The molecule has 8 heteroatoms. The van der Waals surface area contributed by atoms with E-state index in [9.17, 15) is 8.42 Å². The second-order valence-electron chi connectivity index (χ2n) is 7.31. The molecule has 4 aromatic rings. The molecule has 0 unspecified atom stereocenters. The number of aromatic nitrogens is 3. The SMILES string of the molecule is Cc1cc2nc(NCc3cccc(S(=O)(=O)NC(C)C)c3)c3ccccc3n2n1. The zero-order valence-corrected chi connectivity index (χ0v) is 17.4. The molecule has 0 aliphatic carbocycles. The lowest BCUT2D eigenvalue weighted by Gasteiger charge is -2.12. The Morgan fingerprint density at radius 2 is 1.86 bits per heavy atom. The van der Waals surface area contributed by atoms with E-state index in [1.807, 2.05) is 47.8 Å². The van der Waals surface area contributed by atoms with Crippen molar-refractivity contribution < 1.29 is 8.42 Å². The van der Waals surface area contributed by atoms with Crippen LogP contribution in [0.25, 0.3) is 16.6 Å². The van der Waals surface area contributed by atoms with Gasteiger partial charge in [0.1, 0.15) is 5.82 Å². The van der Waals surface area contributed by atoms with Gasteiger partial charge in [-0.2, -0.15) is 5.10 Å². The van der Waals surface area contributed by atoms with E-state index in [1.54, 1.807) is 32.0 Å². The Kier molecular flexibility index (Phi) is 4.97. The normalized spacial score (nSPS) is 12.1. The summed E-state index contributed by atoms with van der Waals surface area (Å²) >= 11 is 0. The molecule has 2 heterocycles. The smallest absolute Gasteiger partial charge is 0.240 e. The lowest BCUT2D eigenvalue weighted by atomic mass is 10.2. The molecule has 2 aromatic carbocycles. The van der Waals surface area contributed by atoms with Crippen LogP contribution in [0.15, 0.2) is 59.5 Å². The zero-order chi connectivity index (χ0) is 20.6. The highest BCUT2D eigenvalue weighted by molar-refractivity contribution is 7.89. The number of hydrogen-bond donors (Lipinski definition) is 2. The van der Waals surface area contributed by atoms with Crippen LogP contribution < -0.4 is 10.0 Å². The monoisotopic (exact) mass is 409 g/mol. The Morgan fingerprint density at radius 1 is 1.07 bits per heavy atom. The fourth-order valence-electron chi connectivity index (χ4n) is 3.30. The van der Waals surface area contributed by atoms with Gasteiger partial charge in [-0.3, -0.25) is 0 Å². The fraction of sp³-hybridized carbons (Fsp3) is 0.238. The van der Waals surface area contributed by atoms with Gasteiger partial charge in [-0.1, -0.05) is 24.3 Å². The highest BCUT2D eigenvalue weighted by atomic mass is 32.2. The number of anilines is 1. The van der Waals surface area contributed by atoms with Gasteiger partial charge in [-0.25, -0.2) is 22.6 Å². The number of sulfonamides is 1. The number of aryl methyl sites for hydroxylation is 1.